The largest absolute Gasteiger partial charge is 0.494 e. The van der Waals surface area contributed by atoms with Crippen molar-refractivity contribution in [2.45, 2.75) is 83.8 Å². The number of ketones is 1. The van der Waals surface area contributed by atoms with Crippen LogP contribution >= 0.6 is 0 Å². The van der Waals surface area contributed by atoms with Crippen molar-refractivity contribution in [3.8, 4) is 5.75 Å². The molecule has 4 aliphatic rings. The smallest absolute Gasteiger partial charge is 0.157 e. The summed E-state index contributed by atoms with van der Waals surface area (Å²) in [5.74, 6) is 3.47. The predicted molar refractivity (Wildman–Crippen MR) is 141 cm³/mol. The molecule has 0 amide bonds. The van der Waals surface area contributed by atoms with E-state index in [9.17, 15) is 9.90 Å². The number of hydrogen-bond acceptors (Lipinski definition) is 6. The normalized spacial score (nSPS) is 41.2. The van der Waals surface area contributed by atoms with Gasteiger partial charge in [-0.3, -0.25) is 4.79 Å². The van der Waals surface area contributed by atoms with Gasteiger partial charge in [0.25, 0.3) is 0 Å². The minimum Gasteiger partial charge on any atom is -0.494 e. The van der Waals surface area contributed by atoms with E-state index < -0.39 is 5.60 Å². The average molecular weight is 510 g/mol. The number of aliphatic hydroxyl groups is 1. The quantitative estimate of drug-likeness (QED) is 0.587. The van der Waals surface area contributed by atoms with Gasteiger partial charge in [-0.1, -0.05) is 18.2 Å². The Bertz CT molecular complexity index is 1180. The van der Waals surface area contributed by atoms with Gasteiger partial charge in [-0.05, 0) is 111 Å². The molecular weight excluding hydrogens is 466 g/mol. The number of para-hydroxylation sites is 1. The number of fused-ring (bicyclic) bond motifs is 6. The minimum atomic E-state index is -0.545. The monoisotopic (exact) mass is 509 g/mol. The highest BCUT2D eigenvalue weighted by molar-refractivity contribution is 5.86. The van der Waals surface area contributed by atoms with Crippen LogP contribution in [0.2, 0.25) is 0 Å². The summed E-state index contributed by atoms with van der Waals surface area (Å²) >= 11 is 0. The van der Waals surface area contributed by atoms with Crippen molar-refractivity contribution in [2.75, 3.05) is 20.8 Å². The number of hydrogen-bond donors (Lipinski definition) is 1. The lowest BCUT2D eigenvalue weighted by molar-refractivity contribution is -0.175. The molecule has 37 heavy (non-hydrogen) atoms. The Kier molecular flexibility index (Phi) is 6.18. The zero-order valence-electron chi connectivity index (χ0n) is 22.9. The highest BCUT2D eigenvalue weighted by Crippen LogP contribution is 2.68. The van der Waals surface area contributed by atoms with Crippen molar-refractivity contribution in [1.29, 1.82) is 0 Å². The maximum atomic E-state index is 13.9. The number of carbonyl (C=O) groups excluding carboxylic acids is 1. The molecule has 7 nitrogen and oxygen atoms in total. The molecule has 4 saturated carbocycles. The molecule has 1 aromatic heterocycles. The van der Waals surface area contributed by atoms with Crippen LogP contribution in [-0.2, 0) is 16.1 Å². The van der Waals surface area contributed by atoms with E-state index >= 15 is 0 Å². The zero-order valence-corrected chi connectivity index (χ0v) is 22.9. The summed E-state index contributed by atoms with van der Waals surface area (Å²) in [5, 5.41) is 19.5. The third-order valence-corrected chi connectivity index (χ3v) is 11.5. The average Bonchev–Trinajstić information content (AvgIpc) is 3.45. The molecule has 1 heterocycles. The fourth-order valence-electron chi connectivity index (χ4n) is 9.84. The lowest BCUT2D eigenvalue weighted by Crippen LogP contribution is -2.58. The van der Waals surface area contributed by atoms with Crippen molar-refractivity contribution in [2.24, 2.45) is 40.4 Å². The van der Waals surface area contributed by atoms with Gasteiger partial charge in [0.1, 0.15) is 23.3 Å². The molecule has 0 unspecified atom stereocenters. The number of nitrogens with zero attached hydrogens (tertiary/aromatic N) is 3. The Morgan fingerprint density at radius 3 is 2.70 bits per heavy atom. The molecule has 1 N–H and O–H groups in total. The van der Waals surface area contributed by atoms with Gasteiger partial charge in [-0.15, -0.1) is 5.10 Å². The number of carbonyl (C=O) groups is 1. The minimum absolute atomic E-state index is 0.0416. The van der Waals surface area contributed by atoms with E-state index in [2.05, 4.69) is 17.2 Å². The van der Waals surface area contributed by atoms with Crippen molar-refractivity contribution < 1.29 is 19.4 Å². The fourth-order valence-corrected chi connectivity index (χ4v) is 9.84. The number of aromatic nitrogens is 3. The van der Waals surface area contributed by atoms with E-state index in [4.69, 9.17) is 9.47 Å². The van der Waals surface area contributed by atoms with E-state index in [1.807, 2.05) is 32.2 Å². The highest BCUT2D eigenvalue weighted by atomic mass is 16.5. The number of benzene rings is 1. The molecule has 7 heteroatoms. The molecule has 1 aromatic carbocycles. The molecular formula is C30H43N3O4. The Labute approximate surface area is 220 Å². The first-order valence-electron chi connectivity index (χ1n) is 14.3. The van der Waals surface area contributed by atoms with Crippen molar-refractivity contribution in [3.63, 3.8) is 0 Å². The first kappa shape index (κ1) is 25.3. The van der Waals surface area contributed by atoms with E-state index in [1.54, 1.807) is 11.8 Å². The van der Waals surface area contributed by atoms with Crippen LogP contribution in [0.3, 0.4) is 0 Å². The first-order valence-corrected chi connectivity index (χ1v) is 14.3. The lowest BCUT2D eigenvalue weighted by Gasteiger charge is -2.62. The summed E-state index contributed by atoms with van der Waals surface area (Å²) < 4.78 is 13.2. The summed E-state index contributed by atoms with van der Waals surface area (Å²) in [7, 11) is 3.50. The lowest BCUT2D eigenvalue weighted by atomic mass is 9.43. The molecule has 4 aliphatic carbocycles. The molecule has 2 aromatic rings. The Morgan fingerprint density at radius 2 is 1.92 bits per heavy atom. The van der Waals surface area contributed by atoms with Crippen LogP contribution in [0.15, 0.2) is 18.2 Å². The maximum Gasteiger partial charge on any atom is 0.157 e. The van der Waals surface area contributed by atoms with E-state index in [-0.39, 0.29) is 29.1 Å². The van der Waals surface area contributed by atoms with Crippen LogP contribution < -0.4 is 4.74 Å². The molecule has 4 fully saturated rings. The third kappa shape index (κ3) is 3.86. The van der Waals surface area contributed by atoms with Gasteiger partial charge in [0, 0.05) is 13.0 Å². The van der Waals surface area contributed by atoms with Crippen LogP contribution in [0.4, 0.5) is 0 Å². The number of Topliss-reactive ketones (excluding diaryl/α,β-unsaturated/α-hetero) is 1. The van der Waals surface area contributed by atoms with Gasteiger partial charge in [-0.2, -0.15) is 0 Å². The molecule has 0 radical (unpaired) electrons. The molecule has 6 rings (SSSR count). The number of ether oxygens (including phenoxy) is 2. The number of rotatable bonds is 6. The van der Waals surface area contributed by atoms with Gasteiger partial charge in [0.05, 0.1) is 19.3 Å². The molecule has 8 atom stereocenters. The molecule has 202 valence electrons. The first-order chi connectivity index (χ1) is 17.7. The van der Waals surface area contributed by atoms with E-state index in [1.165, 1.54) is 19.3 Å². The summed E-state index contributed by atoms with van der Waals surface area (Å²) in [6.07, 6.45) is 9.62. The van der Waals surface area contributed by atoms with Gasteiger partial charge < -0.3 is 14.6 Å². The topological polar surface area (TPSA) is 86.5 Å². The molecule has 0 bridgehead atoms. The second-order valence-corrected chi connectivity index (χ2v) is 13.2. The predicted octanol–water partition coefficient (Wildman–Crippen LogP) is 5.05. The maximum absolute atomic E-state index is 13.9. The summed E-state index contributed by atoms with van der Waals surface area (Å²) in [6.45, 7) is 5.49. The van der Waals surface area contributed by atoms with Crippen LogP contribution in [0, 0.1) is 40.4 Å². The Morgan fingerprint density at radius 1 is 1.08 bits per heavy atom. The van der Waals surface area contributed by atoms with Gasteiger partial charge in [-0.25, -0.2) is 4.68 Å². The second-order valence-electron chi connectivity index (χ2n) is 13.2. The SMILES string of the molecule is COC[C@]12CC[C@@](C)(O)C[C@H]1CC[C@H]1[C@@H]3CC[C@H](C(=O)Cn4nnc5cccc(OC)c54)[C@@]3(C)CC[C@@H]12. The van der Waals surface area contributed by atoms with Gasteiger partial charge in [0.2, 0.25) is 0 Å². The molecule has 0 saturated heterocycles. The third-order valence-electron chi connectivity index (χ3n) is 11.5. The summed E-state index contributed by atoms with van der Waals surface area (Å²) in [5.41, 5.74) is 1.24. The van der Waals surface area contributed by atoms with E-state index in [0.717, 1.165) is 56.2 Å². The van der Waals surface area contributed by atoms with Crippen molar-refractivity contribution in [3.05, 3.63) is 18.2 Å². The summed E-state index contributed by atoms with van der Waals surface area (Å²) in [6, 6.07) is 5.72. The van der Waals surface area contributed by atoms with Gasteiger partial charge in [0.15, 0.2) is 5.78 Å². The van der Waals surface area contributed by atoms with Crippen LogP contribution in [0.5, 0.6) is 5.75 Å². The highest BCUT2D eigenvalue weighted by Gasteiger charge is 2.63. The summed E-state index contributed by atoms with van der Waals surface area (Å²) in [4.78, 5) is 13.9. The zero-order chi connectivity index (χ0) is 26.0. The van der Waals surface area contributed by atoms with Crippen molar-refractivity contribution >= 4 is 16.8 Å². The van der Waals surface area contributed by atoms with Crippen LogP contribution in [-0.4, -0.2) is 52.3 Å². The van der Waals surface area contributed by atoms with Crippen molar-refractivity contribution in [1.82, 2.24) is 15.0 Å². The van der Waals surface area contributed by atoms with Gasteiger partial charge >= 0.3 is 0 Å². The Hall–Kier alpha value is -1.99. The fraction of sp³-hybridized carbons (Fsp3) is 0.767. The standard InChI is InChI=1S/C30H43N3O4/c1-28(35)14-15-30(18-36-3)19(16-28)8-9-20-21-10-11-23(29(21,2)13-12-22(20)30)25(34)17-33-27-24(31-32-33)6-5-7-26(27)37-4/h5-7,19-23,35H,8-18H2,1-4H3/t19-,20+,21+,22+,23-,28-,29+,30-/m1/s1. The Balaban J connectivity index is 1.24. The molecule has 0 aliphatic heterocycles. The molecule has 0 spiro atoms. The van der Waals surface area contributed by atoms with Crippen LogP contribution in [0.25, 0.3) is 11.0 Å². The van der Waals surface area contributed by atoms with E-state index in [0.29, 0.717) is 29.4 Å². The van der Waals surface area contributed by atoms with Crippen LogP contribution in [0.1, 0.15) is 71.6 Å². The second kappa shape index (κ2) is 9.04. The number of methoxy groups -OCH3 is 2.